The molecule has 1 aliphatic rings. The van der Waals surface area contributed by atoms with Crippen molar-refractivity contribution in [3.63, 3.8) is 0 Å². The first kappa shape index (κ1) is 17.0. The van der Waals surface area contributed by atoms with Crippen molar-refractivity contribution in [3.05, 3.63) is 23.8 Å². The predicted octanol–water partition coefficient (Wildman–Crippen LogP) is 3.16. The summed E-state index contributed by atoms with van der Waals surface area (Å²) < 4.78 is 4.89. The van der Waals surface area contributed by atoms with Gasteiger partial charge in [0.1, 0.15) is 6.04 Å². The molecule has 0 saturated carbocycles. The van der Waals surface area contributed by atoms with E-state index in [1.165, 1.54) is 24.3 Å². The summed E-state index contributed by atoms with van der Waals surface area (Å²) in [6.07, 6.45) is 0. The van der Waals surface area contributed by atoms with Crippen molar-refractivity contribution in [2.45, 2.75) is 26.8 Å². The van der Waals surface area contributed by atoms with Crippen LogP contribution < -0.4 is 10.2 Å². The van der Waals surface area contributed by atoms with Gasteiger partial charge in [-0.25, -0.2) is 4.79 Å². The van der Waals surface area contributed by atoms with Crippen LogP contribution in [0.4, 0.5) is 11.4 Å². The van der Waals surface area contributed by atoms with Gasteiger partial charge in [0, 0.05) is 36.0 Å². The molecule has 0 aliphatic carbocycles. The summed E-state index contributed by atoms with van der Waals surface area (Å²) in [6.45, 7) is 8.33. The van der Waals surface area contributed by atoms with Crippen LogP contribution in [-0.2, 0) is 9.53 Å². The Kier molecular flexibility index (Phi) is 6.00. The van der Waals surface area contributed by atoms with Gasteiger partial charge in [0.15, 0.2) is 0 Å². The van der Waals surface area contributed by atoms with Crippen molar-refractivity contribution in [2.24, 2.45) is 5.92 Å². The van der Waals surface area contributed by atoms with Crippen LogP contribution in [-0.4, -0.2) is 43.7 Å². The van der Waals surface area contributed by atoms with E-state index in [4.69, 9.17) is 4.74 Å². The van der Waals surface area contributed by atoms with Gasteiger partial charge in [-0.05, 0) is 36.6 Å². The number of methoxy groups -OCH3 is 1. The lowest BCUT2D eigenvalue weighted by molar-refractivity contribution is -0.142. The average Bonchev–Trinajstić information content (AvgIpc) is 2.53. The van der Waals surface area contributed by atoms with Crippen LogP contribution >= 0.6 is 11.8 Å². The maximum atomic E-state index is 11.9. The van der Waals surface area contributed by atoms with E-state index in [1.54, 1.807) is 0 Å². The molecule has 1 aromatic rings. The van der Waals surface area contributed by atoms with E-state index in [1.807, 2.05) is 25.6 Å². The zero-order valence-electron chi connectivity index (χ0n) is 13.9. The summed E-state index contributed by atoms with van der Waals surface area (Å²) in [5.74, 6) is 2.34. The molecule has 0 bridgehead atoms. The topological polar surface area (TPSA) is 41.6 Å². The number of benzene rings is 1. The number of nitrogens with zero attached hydrogens (tertiary/aromatic N) is 1. The summed E-state index contributed by atoms with van der Waals surface area (Å²) in [4.78, 5) is 14.3. The van der Waals surface area contributed by atoms with Crippen LogP contribution in [0.3, 0.4) is 0 Å². The van der Waals surface area contributed by atoms with E-state index < -0.39 is 0 Å². The van der Waals surface area contributed by atoms with Gasteiger partial charge in [0.25, 0.3) is 0 Å². The largest absolute Gasteiger partial charge is 0.467 e. The van der Waals surface area contributed by atoms with Crippen LogP contribution in [0.15, 0.2) is 18.2 Å². The normalized spacial score (nSPS) is 16.5. The first-order valence-corrected chi connectivity index (χ1v) is 8.96. The van der Waals surface area contributed by atoms with Crippen molar-refractivity contribution in [2.75, 3.05) is 41.9 Å². The highest BCUT2D eigenvalue weighted by Crippen LogP contribution is 2.26. The molecule has 0 unspecified atom stereocenters. The lowest BCUT2D eigenvalue weighted by Crippen LogP contribution is -2.36. The summed E-state index contributed by atoms with van der Waals surface area (Å²) in [5, 5.41) is 3.33. The number of carbonyl (C=O) groups excluding carboxylic acids is 1. The number of esters is 1. The first-order valence-electron chi connectivity index (χ1n) is 7.80. The van der Waals surface area contributed by atoms with E-state index in [2.05, 4.69) is 35.3 Å². The number of hydrogen-bond acceptors (Lipinski definition) is 5. The fourth-order valence-corrected chi connectivity index (χ4v) is 3.52. The number of thioether (sulfide) groups is 1. The van der Waals surface area contributed by atoms with Gasteiger partial charge >= 0.3 is 5.97 Å². The molecule has 122 valence electrons. The third-order valence-corrected chi connectivity index (χ3v) is 4.96. The zero-order chi connectivity index (χ0) is 16.1. The van der Waals surface area contributed by atoms with E-state index >= 15 is 0 Å². The third kappa shape index (κ3) is 4.09. The molecule has 0 aromatic heterocycles. The van der Waals surface area contributed by atoms with Crippen molar-refractivity contribution in [3.8, 4) is 0 Å². The number of ether oxygens (including phenoxy) is 1. The number of aryl methyl sites for hydroxylation is 1. The average molecular weight is 322 g/mol. The van der Waals surface area contributed by atoms with Crippen molar-refractivity contribution < 1.29 is 9.53 Å². The number of rotatable bonds is 5. The minimum Gasteiger partial charge on any atom is -0.467 e. The zero-order valence-corrected chi connectivity index (χ0v) is 14.7. The van der Waals surface area contributed by atoms with Gasteiger partial charge in [-0.15, -0.1) is 0 Å². The second-order valence-corrected chi connectivity index (χ2v) is 7.21. The molecular formula is C17H26N2O2S. The Morgan fingerprint density at radius 2 is 2.00 bits per heavy atom. The molecule has 4 nitrogen and oxygen atoms in total. The lowest BCUT2D eigenvalue weighted by atomic mass is 10.0. The molecule has 1 saturated heterocycles. The highest BCUT2D eigenvalue weighted by Gasteiger charge is 2.23. The highest BCUT2D eigenvalue weighted by molar-refractivity contribution is 7.99. The van der Waals surface area contributed by atoms with Gasteiger partial charge in [0.2, 0.25) is 0 Å². The van der Waals surface area contributed by atoms with E-state index in [9.17, 15) is 4.79 Å². The highest BCUT2D eigenvalue weighted by atomic mass is 32.2. The molecule has 1 aromatic carbocycles. The summed E-state index contributed by atoms with van der Waals surface area (Å²) in [6, 6.07) is 6.10. The maximum absolute atomic E-state index is 11.9. The number of carbonyl (C=O) groups is 1. The monoisotopic (exact) mass is 322 g/mol. The molecule has 0 radical (unpaired) electrons. The number of anilines is 2. The van der Waals surface area contributed by atoms with E-state index in [0.29, 0.717) is 0 Å². The summed E-state index contributed by atoms with van der Waals surface area (Å²) in [7, 11) is 1.43. The molecule has 2 rings (SSSR count). The minimum atomic E-state index is -0.319. The third-order valence-electron chi connectivity index (χ3n) is 4.02. The van der Waals surface area contributed by atoms with Gasteiger partial charge in [-0.1, -0.05) is 13.8 Å². The second-order valence-electron chi connectivity index (χ2n) is 5.99. The van der Waals surface area contributed by atoms with Gasteiger partial charge in [0.05, 0.1) is 7.11 Å². The van der Waals surface area contributed by atoms with Gasteiger partial charge in [-0.3, -0.25) is 0 Å². The standard InChI is InChI=1S/C17H26N2O2S/c1-12(2)16(17(20)21-4)18-15-6-5-14(11-13(15)3)19-7-9-22-10-8-19/h5-6,11-12,16,18H,7-10H2,1-4H3/t16-/m1/s1. The molecule has 22 heavy (non-hydrogen) atoms. The van der Waals surface area contributed by atoms with Crippen LogP contribution in [0, 0.1) is 12.8 Å². The molecule has 5 heteroatoms. The van der Waals surface area contributed by atoms with Gasteiger partial charge in [-0.2, -0.15) is 11.8 Å². The summed E-state index contributed by atoms with van der Waals surface area (Å²) >= 11 is 2.01. The Bertz CT molecular complexity index is 513. The smallest absolute Gasteiger partial charge is 0.328 e. The van der Waals surface area contributed by atoms with E-state index in [0.717, 1.165) is 24.3 Å². The van der Waals surface area contributed by atoms with Crippen molar-refractivity contribution in [1.82, 2.24) is 0 Å². The van der Waals surface area contributed by atoms with Crippen molar-refractivity contribution >= 4 is 29.1 Å². The van der Waals surface area contributed by atoms with E-state index in [-0.39, 0.29) is 17.9 Å². The Hall–Kier alpha value is -1.36. The minimum absolute atomic E-state index is 0.172. The SMILES string of the molecule is COC(=O)[C@H](Nc1ccc(N2CCSCC2)cc1C)C(C)C. The Balaban J connectivity index is 2.13. The maximum Gasteiger partial charge on any atom is 0.328 e. The lowest BCUT2D eigenvalue weighted by Gasteiger charge is -2.29. The predicted molar refractivity (Wildman–Crippen MR) is 95.0 cm³/mol. The number of hydrogen-bond donors (Lipinski definition) is 1. The molecule has 1 fully saturated rings. The Morgan fingerprint density at radius 1 is 1.32 bits per heavy atom. The Labute approximate surface area is 137 Å². The molecular weight excluding hydrogens is 296 g/mol. The molecule has 1 heterocycles. The second kappa shape index (κ2) is 7.77. The molecule has 1 N–H and O–H groups in total. The fourth-order valence-electron chi connectivity index (χ4n) is 2.62. The number of nitrogens with one attached hydrogen (secondary N) is 1. The molecule has 0 spiro atoms. The van der Waals surface area contributed by atoms with Crippen LogP contribution in [0.5, 0.6) is 0 Å². The summed E-state index contributed by atoms with van der Waals surface area (Å²) in [5.41, 5.74) is 3.42. The Morgan fingerprint density at radius 3 is 2.55 bits per heavy atom. The molecule has 1 atom stereocenters. The van der Waals surface area contributed by atoms with Crippen molar-refractivity contribution in [1.29, 1.82) is 0 Å². The fraction of sp³-hybridized carbons (Fsp3) is 0.588. The molecule has 1 aliphatic heterocycles. The van der Waals surface area contributed by atoms with Crippen LogP contribution in [0.25, 0.3) is 0 Å². The van der Waals surface area contributed by atoms with Crippen LogP contribution in [0.1, 0.15) is 19.4 Å². The van der Waals surface area contributed by atoms with Gasteiger partial charge < -0.3 is 15.0 Å². The first-order chi connectivity index (χ1) is 10.5. The van der Waals surface area contributed by atoms with Crippen LogP contribution in [0.2, 0.25) is 0 Å². The molecule has 0 amide bonds. The quantitative estimate of drug-likeness (QED) is 0.844.